The van der Waals surface area contributed by atoms with Crippen LogP contribution in [0.4, 0.5) is 8.78 Å². The summed E-state index contributed by atoms with van der Waals surface area (Å²) in [5.74, 6) is -0.844. The molecule has 0 spiro atoms. The molecule has 106 valence electrons. The molecule has 0 aliphatic rings. The summed E-state index contributed by atoms with van der Waals surface area (Å²) in [6.45, 7) is 9.75. The summed E-state index contributed by atoms with van der Waals surface area (Å²) < 4.78 is 28.7. The molecule has 1 aromatic rings. The van der Waals surface area contributed by atoms with E-state index in [1.54, 1.807) is 0 Å². The minimum absolute atomic E-state index is 0.229. The number of hydrogen-bond donors (Lipinski definition) is 0. The van der Waals surface area contributed by atoms with Gasteiger partial charge in [-0.25, -0.2) is 8.78 Å². The summed E-state index contributed by atoms with van der Waals surface area (Å²) in [6, 6.07) is 2.95. The molecule has 0 radical (unpaired) electrons. The van der Waals surface area contributed by atoms with E-state index in [-0.39, 0.29) is 5.56 Å². The Labute approximate surface area is 115 Å². The first-order valence-corrected chi connectivity index (χ1v) is 7.08. The lowest BCUT2D eigenvalue weighted by Gasteiger charge is -2.28. The van der Waals surface area contributed by atoms with Gasteiger partial charge in [-0.1, -0.05) is 33.8 Å². The molecule has 0 unspecified atom stereocenters. The van der Waals surface area contributed by atoms with Crippen LogP contribution in [0.2, 0.25) is 0 Å². The maximum Gasteiger partial charge on any atom is 0.130 e. The van der Waals surface area contributed by atoms with Gasteiger partial charge in [-0.2, -0.15) is 0 Å². The van der Waals surface area contributed by atoms with Crippen LogP contribution in [0.1, 0.15) is 65.0 Å². The lowest BCUT2D eigenvalue weighted by atomic mass is 9.76. The lowest BCUT2D eigenvalue weighted by Crippen LogP contribution is -2.23. The molecule has 19 heavy (non-hydrogen) atoms. The van der Waals surface area contributed by atoms with Crippen LogP contribution in [0, 0.1) is 11.6 Å². The Morgan fingerprint density at radius 1 is 1.11 bits per heavy atom. The number of hydrogen-bond acceptors (Lipinski definition) is 0. The highest BCUT2D eigenvalue weighted by Gasteiger charge is 2.29. The zero-order valence-corrected chi connectivity index (χ0v) is 12.6. The average molecular weight is 266 g/mol. The fraction of sp³-hybridized carbons (Fsp3) is 0.529. The third kappa shape index (κ3) is 3.05. The normalized spacial score (nSPS) is 12.9. The minimum atomic E-state index is -0.436. The van der Waals surface area contributed by atoms with Gasteiger partial charge in [0, 0.05) is 5.56 Å². The first-order chi connectivity index (χ1) is 8.93. The van der Waals surface area contributed by atoms with Gasteiger partial charge in [0.05, 0.1) is 0 Å². The van der Waals surface area contributed by atoms with E-state index in [1.807, 2.05) is 40.7 Å². The van der Waals surface area contributed by atoms with E-state index < -0.39 is 17.0 Å². The molecule has 0 N–H and O–H groups in total. The number of rotatable bonds is 5. The van der Waals surface area contributed by atoms with Gasteiger partial charge in [0.15, 0.2) is 0 Å². The second-order valence-corrected chi connectivity index (χ2v) is 5.25. The molecule has 2 heteroatoms. The van der Waals surface area contributed by atoms with Crippen LogP contribution in [-0.4, -0.2) is 0 Å². The first-order valence-electron chi connectivity index (χ1n) is 7.08. The van der Waals surface area contributed by atoms with E-state index >= 15 is 0 Å². The van der Waals surface area contributed by atoms with Gasteiger partial charge in [-0.15, -0.1) is 0 Å². The van der Waals surface area contributed by atoms with Gasteiger partial charge in [0.2, 0.25) is 0 Å². The quantitative estimate of drug-likeness (QED) is 0.626. The molecule has 0 aliphatic carbocycles. The van der Waals surface area contributed by atoms with E-state index in [0.717, 1.165) is 24.8 Å². The van der Waals surface area contributed by atoms with Gasteiger partial charge in [0.25, 0.3) is 0 Å². The highest BCUT2D eigenvalue weighted by Crippen LogP contribution is 2.36. The Balaban J connectivity index is 3.41. The van der Waals surface area contributed by atoms with Crippen LogP contribution in [0.5, 0.6) is 0 Å². The predicted molar refractivity (Wildman–Crippen MR) is 78.2 cm³/mol. The van der Waals surface area contributed by atoms with E-state index in [4.69, 9.17) is 0 Å². The summed E-state index contributed by atoms with van der Waals surface area (Å²) in [6.07, 6.45) is 4.13. The predicted octanol–water partition coefficient (Wildman–Crippen LogP) is 5.86. The molecule has 0 atom stereocenters. The smallest absolute Gasteiger partial charge is 0.130 e. The Kier molecular flexibility index (Phi) is 5.28. The standard InChI is InChI=1S/C17H24F2/c1-6-12(7-2)13-10-14(18)16(15(19)11-13)17(5,8-3)9-4/h6,10-11H,7-9H2,1-5H3. The maximum atomic E-state index is 14.3. The van der Waals surface area contributed by atoms with Crippen LogP contribution in [0.15, 0.2) is 18.2 Å². The lowest BCUT2D eigenvalue weighted by molar-refractivity contribution is 0.390. The van der Waals surface area contributed by atoms with Crippen LogP contribution >= 0.6 is 0 Å². The fourth-order valence-electron chi connectivity index (χ4n) is 2.51. The van der Waals surface area contributed by atoms with Crippen molar-refractivity contribution in [2.24, 2.45) is 0 Å². The summed E-state index contributed by atoms with van der Waals surface area (Å²) in [7, 11) is 0. The zero-order valence-electron chi connectivity index (χ0n) is 12.6. The third-order valence-electron chi connectivity index (χ3n) is 4.31. The molecule has 0 heterocycles. The molecule has 0 fully saturated rings. The molecule has 0 aromatic heterocycles. The van der Waals surface area contributed by atoms with Gasteiger partial charge in [0.1, 0.15) is 11.6 Å². The molecule has 0 nitrogen and oxygen atoms in total. The zero-order chi connectivity index (χ0) is 14.6. The topological polar surface area (TPSA) is 0 Å². The molecule has 1 rings (SSSR count). The van der Waals surface area contributed by atoms with Crippen molar-refractivity contribution in [3.63, 3.8) is 0 Å². The van der Waals surface area contributed by atoms with Crippen LogP contribution in [-0.2, 0) is 5.41 Å². The largest absolute Gasteiger partial charge is 0.207 e. The van der Waals surface area contributed by atoms with Gasteiger partial charge >= 0.3 is 0 Å². The number of halogens is 2. The van der Waals surface area contributed by atoms with Crippen molar-refractivity contribution in [3.05, 3.63) is 41.0 Å². The van der Waals surface area contributed by atoms with Crippen molar-refractivity contribution < 1.29 is 8.78 Å². The average Bonchev–Trinajstić information content (AvgIpc) is 2.39. The Morgan fingerprint density at radius 2 is 1.58 bits per heavy atom. The molecular weight excluding hydrogens is 242 g/mol. The monoisotopic (exact) mass is 266 g/mol. The molecule has 0 amide bonds. The molecule has 0 aliphatic heterocycles. The molecule has 0 saturated heterocycles. The third-order valence-corrected chi connectivity index (χ3v) is 4.31. The van der Waals surface area contributed by atoms with Crippen molar-refractivity contribution >= 4 is 5.57 Å². The molecule has 0 bridgehead atoms. The highest BCUT2D eigenvalue weighted by atomic mass is 19.1. The van der Waals surface area contributed by atoms with Crippen molar-refractivity contribution in [3.8, 4) is 0 Å². The van der Waals surface area contributed by atoms with E-state index in [1.165, 1.54) is 12.1 Å². The number of allylic oxidation sites excluding steroid dienone is 2. The summed E-state index contributed by atoms with van der Waals surface area (Å²) in [5.41, 5.74) is 1.42. The highest BCUT2D eigenvalue weighted by molar-refractivity contribution is 5.65. The van der Waals surface area contributed by atoms with E-state index in [0.29, 0.717) is 5.56 Å². The van der Waals surface area contributed by atoms with Gasteiger partial charge in [-0.3, -0.25) is 0 Å². The van der Waals surface area contributed by atoms with Crippen molar-refractivity contribution in [2.45, 2.75) is 59.3 Å². The fourth-order valence-corrected chi connectivity index (χ4v) is 2.51. The summed E-state index contributed by atoms with van der Waals surface area (Å²) >= 11 is 0. The second kappa shape index (κ2) is 6.31. The van der Waals surface area contributed by atoms with Crippen molar-refractivity contribution in [2.75, 3.05) is 0 Å². The van der Waals surface area contributed by atoms with E-state index in [9.17, 15) is 8.78 Å². The second-order valence-electron chi connectivity index (χ2n) is 5.25. The summed E-state index contributed by atoms with van der Waals surface area (Å²) in [5, 5.41) is 0. The Hall–Kier alpha value is -1.18. The van der Waals surface area contributed by atoms with E-state index in [2.05, 4.69) is 0 Å². The minimum Gasteiger partial charge on any atom is -0.207 e. The molecule has 1 aromatic carbocycles. The van der Waals surface area contributed by atoms with Gasteiger partial charge in [-0.05, 0) is 54.9 Å². The SMILES string of the molecule is CC=C(CC)c1cc(F)c(C(C)(CC)CC)c(F)c1. The first kappa shape index (κ1) is 15.9. The van der Waals surface area contributed by atoms with Gasteiger partial charge < -0.3 is 0 Å². The Bertz CT molecular complexity index is 445. The summed E-state index contributed by atoms with van der Waals surface area (Å²) in [4.78, 5) is 0. The van der Waals surface area contributed by atoms with Crippen LogP contribution in [0.3, 0.4) is 0 Å². The van der Waals surface area contributed by atoms with Crippen LogP contribution < -0.4 is 0 Å². The molecular formula is C17H24F2. The number of benzene rings is 1. The van der Waals surface area contributed by atoms with Crippen molar-refractivity contribution in [1.82, 2.24) is 0 Å². The molecule has 0 saturated carbocycles. The maximum absolute atomic E-state index is 14.3. The van der Waals surface area contributed by atoms with Crippen LogP contribution in [0.25, 0.3) is 5.57 Å². The Morgan fingerprint density at radius 3 is 1.89 bits per heavy atom. The van der Waals surface area contributed by atoms with Crippen molar-refractivity contribution in [1.29, 1.82) is 0 Å².